The Kier molecular flexibility index (Phi) is 5.02. The second kappa shape index (κ2) is 6.34. The van der Waals surface area contributed by atoms with Gasteiger partial charge in [-0.1, -0.05) is 20.8 Å². The maximum Gasteiger partial charge on any atom is 0.338 e. The highest BCUT2D eigenvalue weighted by Gasteiger charge is 2.21. The molecule has 6 nitrogen and oxygen atoms in total. The van der Waals surface area contributed by atoms with Crippen molar-refractivity contribution in [3.8, 4) is 0 Å². The molecular formula is C14H17FN2O4. The van der Waals surface area contributed by atoms with E-state index in [1.807, 2.05) is 0 Å². The van der Waals surface area contributed by atoms with Crippen molar-refractivity contribution in [1.82, 2.24) is 5.32 Å². The lowest BCUT2D eigenvalue weighted by Crippen LogP contribution is -2.39. The summed E-state index contributed by atoms with van der Waals surface area (Å²) in [4.78, 5) is 33.8. The molecule has 0 unspecified atom stereocenters. The van der Waals surface area contributed by atoms with Crippen molar-refractivity contribution < 1.29 is 23.9 Å². The van der Waals surface area contributed by atoms with Gasteiger partial charge in [-0.25, -0.2) is 9.18 Å². The Labute approximate surface area is 121 Å². The molecule has 1 aromatic rings. The Morgan fingerprint density at radius 3 is 2.33 bits per heavy atom. The van der Waals surface area contributed by atoms with Gasteiger partial charge in [-0.2, -0.15) is 0 Å². The number of carboxylic acids is 1. The molecule has 0 bridgehead atoms. The number of amides is 2. The van der Waals surface area contributed by atoms with Gasteiger partial charge in [0.25, 0.3) is 0 Å². The zero-order valence-corrected chi connectivity index (χ0v) is 12.0. The molecule has 0 saturated carbocycles. The van der Waals surface area contributed by atoms with Crippen LogP contribution in [0.2, 0.25) is 0 Å². The minimum absolute atomic E-state index is 0.118. The van der Waals surface area contributed by atoms with E-state index < -0.39 is 28.7 Å². The number of rotatable bonds is 4. The van der Waals surface area contributed by atoms with E-state index >= 15 is 0 Å². The van der Waals surface area contributed by atoms with E-state index in [-0.39, 0.29) is 18.1 Å². The minimum Gasteiger partial charge on any atom is -0.478 e. The van der Waals surface area contributed by atoms with Crippen molar-refractivity contribution in [3.63, 3.8) is 0 Å². The highest BCUT2D eigenvalue weighted by molar-refractivity contribution is 5.96. The van der Waals surface area contributed by atoms with Gasteiger partial charge in [0.2, 0.25) is 11.8 Å². The van der Waals surface area contributed by atoms with Gasteiger partial charge >= 0.3 is 5.97 Å². The molecule has 0 fully saturated rings. The molecule has 21 heavy (non-hydrogen) atoms. The Balaban J connectivity index is 2.62. The number of aromatic carboxylic acids is 1. The monoisotopic (exact) mass is 296 g/mol. The zero-order chi connectivity index (χ0) is 16.2. The van der Waals surface area contributed by atoms with E-state index in [0.717, 1.165) is 12.1 Å². The topological polar surface area (TPSA) is 95.5 Å². The summed E-state index contributed by atoms with van der Waals surface area (Å²) in [6, 6.07) is 3.24. The first kappa shape index (κ1) is 16.6. The minimum atomic E-state index is -1.39. The Bertz CT molecular complexity index is 579. The third kappa shape index (κ3) is 4.87. The fourth-order valence-corrected chi connectivity index (χ4v) is 1.40. The van der Waals surface area contributed by atoms with E-state index in [1.54, 1.807) is 20.8 Å². The molecule has 0 aliphatic rings. The van der Waals surface area contributed by atoms with Crippen LogP contribution in [0.15, 0.2) is 18.2 Å². The van der Waals surface area contributed by atoms with Crippen molar-refractivity contribution in [1.29, 1.82) is 0 Å². The molecule has 0 atom stereocenters. The van der Waals surface area contributed by atoms with Crippen LogP contribution in [0.1, 0.15) is 31.1 Å². The molecule has 114 valence electrons. The van der Waals surface area contributed by atoms with Crippen LogP contribution in [-0.2, 0) is 9.59 Å². The first-order valence-corrected chi connectivity index (χ1v) is 6.22. The molecule has 2 amide bonds. The molecule has 0 aromatic heterocycles. The largest absolute Gasteiger partial charge is 0.478 e. The lowest BCUT2D eigenvalue weighted by molar-refractivity contribution is -0.130. The second-order valence-electron chi connectivity index (χ2n) is 5.48. The van der Waals surface area contributed by atoms with Gasteiger partial charge in [0, 0.05) is 11.1 Å². The second-order valence-corrected chi connectivity index (χ2v) is 5.48. The SMILES string of the molecule is CC(C)(C)C(=O)NCC(=O)Nc1ccc(C(=O)O)c(F)c1. The summed E-state index contributed by atoms with van der Waals surface area (Å²) >= 11 is 0. The number of nitrogens with one attached hydrogen (secondary N) is 2. The van der Waals surface area contributed by atoms with Gasteiger partial charge in [0.1, 0.15) is 5.82 Å². The summed E-state index contributed by atoms with van der Waals surface area (Å²) in [6.45, 7) is 4.87. The van der Waals surface area contributed by atoms with E-state index in [9.17, 15) is 18.8 Å². The molecule has 0 aliphatic heterocycles. The number of anilines is 1. The summed E-state index contributed by atoms with van der Waals surface area (Å²) in [6.07, 6.45) is 0. The predicted octanol–water partition coefficient (Wildman–Crippen LogP) is 1.62. The molecule has 0 radical (unpaired) electrons. The van der Waals surface area contributed by atoms with Gasteiger partial charge in [-0.05, 0) is 18.2 Å². The van der Waals surface area contributed by atoms with Crippen molar-refractivity contribution in [2.75, 3.05) is 11.9 Å². The highest BCUT2D eigenvalue weighted by Crippen LogP contribution is 2.15. The molecule has 1 aromatic carbocycles. The Morgan fingerprint density at radius 1 is 1.24 bits per heavy atom. The number of carbonyl (C=O) groups excluding carboxylic acids is 2. The fraction of sp³-hybridized carbons (Fsp3) is 0.357. The quantitative estimate of drug-likeness (QED) is 0.786. The van der Waals surface area contributed by atoms with Gasteiger partial charge in [-0.15, -0.1) is 0 Å². The third-order valence-electron chi connectivity index (χ3n) is 2.57. The van der Waals surface area contributed by atoms with Crippen molar-refractivity contribution in [2.24, 2.45) is 5.41 Å². The van der Waals surface area contributed by atoms with Crippen LogP contribution in [0.5, 0.6) is 0 Å². The summed E-state index contributed by atoms with van der Waals surface area (Å²) < 4.78 is 13.4. The normalized spacial score (nSPS) is 10.9. The standard InChI is InChI=1S/C14H17FN2O4/c1-14(2,3)13(21)16-7-11(18)17-8-4-5-9(12(19)20)10(15)6-8/h4-6H,7H2,1-3H3,(H,16,21)(H,17,18)(H,19,20). The Hall–Kier alpha value is -2.44. The van der Waals surface area contributed by atoms with E-state index in [1.165, 1.54) is 6.07 Å². The van der Waals surface area contributed by atoms with Gasteiger partial charge in [0.05, 0.1) is 12.1 Å². The van der Waals surface area contributed by atoms with Crippen LogP contribution in [0, 0.1) is 11.2 Å². The van der Waals surface area contributed by atoms with Crippen LogP contribution in [0.4, 0.5) is 10.1 Å². The summed E-state index contributed by atoms with van der Waals surface area (Å²) in [5, 5.41) is 13.5. The van der Waals surface area contributed by atoms with Crippen LogP contribution in [0.25, 0.3) is 0 Å². The first-order chi connectivity index (χ1) is 9.61. The Morgan fingerprint density at radius 2 is 1.86 bits per heavy atom. The average molecular weight is 296 g/mol. The first-order valence-electron chi connectivity index (χ1n) is 6.22. The molecule has 3 N–H and O–H groups in total. The van der Waals surface area contributed by atoms with Gasteiger partial charge < -0.3 is 15.7 Å². The maximum absolute atomic E-state index is 13.4. The lowest BCUT2D eigenvalue weighted by atomic mass is 9.96. The predicted molar refractivity (Wildman–Crippen MR) is 74.5 cm³/mol. The number of halogens is 1. The fourth-order valence-electron chi connectivity index (χ4n) is 1.40. The molecular weight excluding hydrogens is 279 g/mol. The molecule has 7 heteroatoms. The van der Waals surface area contributed by atoms with Crippen molar-refractivity contribution in [3.05, 3.63) is 29.6 Å². The summed E-state index contributed by atoms with van der Waals surface area (Å²) in [7, 11) is 0. The maximum atomic E-state index is 13.4. The van der Waals surface area contributed by atoms with Crippen molar-refractivity contribution >= 4 is 23.5 Å². The number of hydrogen-bond acceptors (Lipinski definition) is 3. The van der Waals surface area contributed by atoms with E-state index in [0.29, 0.717) is 0 Å². The van der Waals surface area contributed by atoms with Crippen LogP contribution < -0.4 is 10.6 Å². The van der Waals surface area contributed by atoms with Crippen LogP contribution >= 0.6 is 0 Å². The molecule has 1 rings (SSSR count). The van der Waals surface area contributed by atoms with E-state index in [4.69, 9.17) is 5.11 Å². The average Bonchev–Trinajstić information content (AvgIpc) is 2.34. The molecule has 0 saturated heterocycles. The van der Waals surface area contributed by atoms with E-state index in [2.05, 4.69) is 10.6 Å². The number of carboxylic acid groups (broad SMARTS) is 1. The summed E-state index contributed by atoms with van der Waals surface area (Å²) in [5.74, 6) is -3.15. The van der Waals surface area contributed by atoms with Crippen molar-refractivity contribution in [2.45, 2.75) is 20.8 Å². The number of carbonyl (C=O) groups is 3. The molecule has 0 aliphatic carbocycles. The number of benzene rings is 1. The van der Waals surface area contributed by atoms with Crippen LogP contribution in [0.3, 0.4) is 0 Å². The third-order valence-corrected chi connectivity index (χ3v) is 2.57. The molecule has 0 heterocycles. The smallest absolute Gasteiger partial charge is 0.338 e. The number of hydrogen-bond donors (Lipinski definition) is 3. The molecule has 0 spiro atoms. The van der Waals surface area contributed by atoms with Gasteiger partial charge in [0.15, 0.2) is 0 Å². The highest BCUT2D eigenvalue weighted by atomic mass is 19.1. The zero-order valence-electron chi connectivity index (χ0n) is 12.0. The lowest BCUT2D eigenvalue weighted by Gasteiger charge is -2.17. The summed E-state index contributed by atoms with van der Waals surface area (Å²) in [5.41, 5.74) is -0.975. The van der Waals surface area contributed by atoms with Crippen LogP contribution in [-0.4, -0.2) is 29.4 Å². The van der Waals surface area contributed by atoms with Gasteiger partial charge in [-0.3, -0.25) is 9.59 Å².